The van der Waals surface area contributed by atoms with E-state index in [2.05, 4.69) is 6.92 Å². The standard InChI is InChI=1S/C9H14.C2H6/c1-5-2-6-3-7(5)9-4-8(6)9;1-2/h5-9H,2-4H2,1H3;1-2H3. The summed E-state index contributed by atoms with van der Waals surface area (Å²) in [6, 6.07) is 0. The van der Waals surface area contributed by atoms with Crippen LogP contribution in [-0.2, 0) is 0 Å². The largest absolute Gasteiger partial charge is 0.0683 e. The van der Waals surface area contributed by atoms with Crippen molar-refractivity contribution in [3.8, 4) is 0 Å². The van der Waals surface area contributed by atoms with Gasteiger partial charge in [0, 0.05) is 0 Å². The predicted octanol–water partition coefficient (Wildman–Crippen LogP) is 3.32. The third kappa shape index (κ3) is 0.947. The molecule has 11 heavy (non-hydrogen) atoms. The van der Waals surface area contributed by atoms with E-state index in [1.165, 1.54) is 23.7 Å². The molecule has 3 fully saturated rings. The maximum Gasteiger partial charge on any atom is -0.0349 e. The van der Waals surface area contributed by atoms with Crippen molar-refractivity contribution in [2.24, 2.45) is 29.6 Å². The number of hydrogen-bond donors (Lipinski definition) is 0. The second-order valence-electron chi connectivity index (χ2n) is 4.44. The Hall–Kier alpha value is 0. The first-order chi connectivity index (χ1) is 5.36. The van der Waals surface area contributed by atoms with Crippen LogP contribution in [0, 0.1) is 29.6 Å². The molecule has 0 radical (unpaired) electrons. The van der Waals surface area contributed by atoms with Crippen LogP contribution in [0.1, 0.15) is 40.0 Å². The molecule has 0 N–H and O–H groups in total. The molecule has 0 heterocycles. The average molecular weight is 152 g/mol. The summed E-state index contributed by atoms with van der Waals surface area (Å²) >= 11 is 0. The van der Waals surface area contributed by atoms with Crippen molar-refractivity contribution in [2.45, 2.75) is 40.0 Å². The third-order valence-corrected chi connectivity index (χ3v) is 4.03. The lowest BCUT2D eigenvalue weighted by Crippen LogP contribution is -2.08. The molecule has 0 heteroatoms. The fraction of sp³-hybridized carbons (Fsp3) is 1.00. The first-order valence-electron chi connectivity index (χ1n) is 5.36. The van der Waals surface area contributed by atoms with Gasteiger partial charge in [-0.3, -0.25) is 0 Å². The number of fused-ring (bicyclic) bond motifs is 5. The van der Waals surface area contributed by atoms with Gasteiger partial charge in [0.2, 0.25) is 0 Å². The van der Waals surface area contributed by atoms with Crippen molar-refractivity contribution in [3.05, 3.63) is 0 Å². The lowest BCUT2D eigenvalue weighted by Gasteiger charge is -2.15. The molecule has 0 aromatic rings. The van der Waals surface area contributed by atoms with Gasteiger partial charge in [-0.1, -0.05) is 20.8 Å². The molecule has 0 spiro atoms. The van der Waals surface area contributed by atoms with E-state index < -0.39 is 0 Å². The van der Waals surface area contributed by atoms with E-state index in [0.717, 1.165) is 5.92 Å². The Labute approximate surface area is 70.4 Å². The SMILES string of the molecule is CC.CC1CC2CC1C1CC21. The third-order valence-electron chi connectivity index (χ3n) is 4.03. The highest BCUT2D eigenvalue weighted by atomic mass is 14.6. The van der Waals surface area contributed by atoms with Gasteiger partial charge in [0.05, 0.1) is 0 Å². The summed E-state index contributed by atoms with van der Waals surface area (Å²) in [7, 11) is 0. The molecule has 3 saturated carbocycles. The van der Waals surface area contributed by atoms with Gasteiger partial charge in [0.15, 0.2) is 0 Å². The zero-order chi connectivity index (χ0) is 8.01. The molecule has 3 aliphatic carbocycles. The van der Waals surface area contributed by atoms with Gasteiger partial charge in [0.1, 0.15) is 0 Å². The van der Waals surface area contributed by atoms with Crippen LogP contribution in [0.4, 0.5) is 0 Å². The van der Waals surface area contributed by atoms with Gasteiger partial charge in [-0.05, 0) is 48.9 Å². The lowest BCUT2D eigenvalue weighted by molar-refractivity contribution is 0.341. The Kier molecular flexibility index (Phi) is 1.74. The molecular weight excluding hydrogens is 132 g/mol. The summed E-state index contributed by atoms with van der Waals surface area (Å²) in [6.45, 7) is 6.46. The van der Waals surface area contributed by atoms with Gasteiger partial charge >= 0.3 is 0 Å². The summed E-state index contributed by atoms with van der Waals surface area (Å²) < 4.78 is 0. The lowest BCUT2D eigenvalue weighted by atomic mass is 9.90. The smallest absolute Gasteiger partial charge is 0.0349 e. The molecule has 0 saturated heterocycles. The van der Waals surface area contributed by atoms with E-state index in [1.54, 1.807) is 19.3 Å². The summed E-state index contributed by atoms with van der Waals surface area (Å²) in [6.07, 6.45) is 4.79. The second-order valence-corrected chi connectivity index (χ2v) is 4.44. The Bertz CT molecular complexity index is 146. The van der Waals surface area contributed by atoms with E-state index in [-0.39, 0.29) is 0 Å². The maximum absolute atomic E-state index is 2.46. The Morgan fingerprint density at radius 2 is 1.55 bits per heavy atom. The van der Waals surface area contributed by atoms with Crippen molar-refractivity contribution in [1.29, 1.82) is 0 Å². The highest BCUT2D eigenvalue weighted by Crippen LogP contribution is 2.67. The van der Waals surface area contributed by atoms with E-state index in [4.69, 9.17) is 0 Å². The first kappa shape index (κ1) is 7.64. The molecule has 0 nitrogen and oxygen atoms in total. The van der Waals surface area contributed by atoms with Crippen LogP contribution in [-0.4, -0.2) is 0 Å². The number of rotatable bonds is 0. The van der Waals surface area contributed by atoms with E-state index in [9.17, 15) is 0 Å². The maximum atomic E-state index is 2.46. The van der Waals surface area contributed by atoms with Crippen LogP contribution >= 0.6 is 0 Å². The van der Waals surface area contributed by atoms with Crippen LogP contribution in [0.15, 0.2) is 0 Å². The molecular formula is C11H20. The summed E-state index contributed by atoms with van der Waals surface area (Å²) in [4.78, 5) is 0. The normalized spacial score (nSPS) is 56.5. The predicted molar refractivity (Wildman–Crippen MR) is 48.3 cm³/mol. The van der Waals surface area contributed by atoms with Crippen LogP contribution in [0.25, 0.3) is 0 Å². The minimum Gasteiger partial charge on any atom is -0.0683 e. The topological polar surface area (TPSA) is 0 Å². The van der Waals surface area contributed by atoms with Gasteiger partial charge in [-0.2, -0.15) is 0 Å². The molecule has 3 aliphatic rings. The Balaban J connectivity index is 0.000000224. The first-order valence-corrected chi connectivity index (χ1v) is 5.36. The molecule has 64 valence electrons. The van der Waals surface area contributed by atoms with Gasteiger partial charge in [0.25, 0.3) is 0 Å². The van der Waals surface area contributed by atoms with Gasteiger partial charge in [-0.25, -0.2) is 0 Å². The van der Waals surface area contributed by atoms with Crippen LogP contribution in [0.2, 0.25) is 0 Å². The van der Waals surface area contributed by atoms with Crippen molar-refractivity contribution in [3.63, 3.8) is 0 Å². The van der Waals surface area contributed by atoms with Crippen LogP contribution in [0.5, 0.6) is 0 Å². The van der Waals surface area contributed by atoms with E-state index in [1.807, 2.05) is 13.8 Å². The fourth-order valence-electron chi connectivity index (χ4n) is 3.55. The second kappa shape index (κ2) is 2.50. The number of hydrogen-bond acceptors (Lipinski definition) is 0. The average Bonchev–Trinajstić information content (AvgIpc) is 2.67. The summed E-state index contributed by atoms with van der Waals surface area (Å²) in [5.41, 5.74) is 0. The molecule has 0 aromatic heterocycles. The van der Waals surface area contributed by atoms with Crippen molar-refractivity contribution < 1.29 is 0 Å². The monoisotopic (exact) mass is 152 g/mol. The molecule has 5 atom stereocenters. The zero-order valence-electron chi connectivity index (χ0n) is 8.01. The summed E-state index contributed by atoms with van der Waals surface area (Å²) in [5, 5.41) is 0. The van der Waals surface area contributed by atoms with Crippen molar-refractivity contribution in [2.75, 3.05) is 0 Å². The van der Waals surface area contributed by atoms with Crippen molar-refractivity contribution in [1.82, 2.24) is 0 Å². The van der Waals surface area contributed by atoms with Gasteiger partial charge in [-0.15, -0.1) is 0 Å². The van der Waals surface area contributed by atoms with Gasteiger partial charge < -0.3 is 0 Å². The molecule has 3 rings (SSSR count). The van der Waals surface area contributed by atoms with E-state index >= 15 is 0 Å². The molecule has 0 aliphatic heterocycles. The minimum absolute atomic E-state index is 1.10. The highest BCUT2D eigenvalue weighted by Gasteiger charge is 2.59. The molecule has 0 amide bonds. The Morgan fingerprint density at radius 1 is 0.818 bits per heavy atom. The quantitative estimate of drug-likeness (QED) is 0.499. The molecule has 5 unspecified atom stereocenters. The zero-order valence-corrected chi connectivity index (χ0v) is 8.01. The minimum atomic E-state index is 1.10. The van der Waals surface area contributed by atoms with E-state index in [0.29, 0.717) is 0 Å². The molecule has 0 aromatic carbocycles. The Morgan fingerprint density at radius 3 is 2.00 bits per heavy atom. The fourth-order valence-corrected chi connectivity index (χ4v) is 3.55. The molecule has 2 bridgehead atoms. The van der Waals surface area contributed by atoms with Crippen LogP contribution in [0.3, 0.4) is 0 Å². The van der Waals surface area contributed by atoms with Crippen LogP contribution < -0.4 is 0 Å². The summed E-state index contributed by atoms with van der Waals surface area (Å²) in [5.74, 6) is 5.92. The van der Waals surface area contributed by atoms with Crippen molar-refractivity contribution >= 4 is 0 Å². The highest BCUT2D eigenvalue weighted by molar-refractivity contribution is 5.08.